The Balaban J connectivity index is 1.71. The zero-order valence-electron chi connectivity index (χ0n) is 15.5. The topological polar surface area (TPSA) is 54.3 Å². The molecule has 134 valence electrons. The van der Waals surface area contributed by atoms with Gasteiger partial charge in [-0.15, -0.1) is 0 Å². The van der Waals surface area contributed by atoms with Crippen molar-refractivity contribution in [1.82, 2.24) is 24.6 Å². The normalized spacial score (nSPS) is 18.8. The minimum atomic E-state index is 0.0760. The van der Waals surface area contributed by atoms with Gasteiger partial charge in [-0.2, -0.15) is 5.10 Å². The first-order valence-corrected chi connectivity index (χ1v) is 8.99. The monoisotopic (exact) mass is 341 g/mol. The van der Waals surface area contributed by atoms with Gasteiger partial charge < -0.3 is 4.90 Å². The fourth-order valence-electron chi connectivity index (χ4n) is 3.52. The van der Waals surface area contributed by atoms with Crippen LogP contribution in [0.3, 0.4) is 0 Å². The third-order valence-corrected chi connectivity index (χ3v) is 4.96. The molecule has 1 fully saturated rings. The highest BCUT2D eigenvalue weighted by atomic mass is 16.2. The molecule has 0 bridgehead atoms. The molecule has 1 unspecified atom stereocenters. The highest BCUT2D eigenvalue weighted by molar-refractivity contribution is 5.94. The quantitative estimate of drug-likeness (QED) is 0.857. The second kappa shape index (κ2) is 7.35. The van der Waals surface area contributed by atoms with E-state index in [9.17, 15) is 4.79 Å². The van der Waals surface area contributed by atoms with E-state index in [1.165, 1.54) is 0 Å². The summed E-state index contributed by atoms with van der Waals surface area (Å²) in [7, 11) is 1.88. The molecule has 0 spiro atoms. The van der Waals surface area contributed by atoms with E-state index in [0.717, 1.165) is 37.3 Å². The lowest BCUT2D eigenvalue weighted by Crippen LogP contribution is -2.56. The van der Waals surface area contributed by atoms with Crippen molar-refractivity contribution >= 4 is 5.91 Å². The Morgan fingerprint density at radius 2 is 2.08 bits per heavy atom. The molecule has 0 aromatic carbocycles. The molecule has 6 nitrogen and oxygen atoms in total. The molecular formula is C19H27N5O. The van der Waals surface area contributed by atoms with Crippen LogP contribution in [-0.4, -0.2) is 62.2 Å². The number of nitrogens with zero attached hydrogens (tertiary/aromatic N) is 5. The molecule has 1 saturated heterocycles. The molecule has 0 N–H and O–H groups in total. The van der Waals surface area contributed by atoms with Gasteiger partial charge in [0.1, 0.15) is 0 Å². The molecule has 1 aliphatic rings. The van der Waals surface area contributed by atoms with E-state index in [0.29, 0.717) is 17.6 Å². The van der Waals surface area contributed by atoms with Crippen molar-refractivity contribution in [2.24, 2.45) is 7.05 Å². The van der Waals surface area contributed by atoms with Crippen molar-refractivity contribution in [3.05, 3.63) is 36.3 Å². The van der Waals surface area contributed by atoms with Crippen LogP contribution in [0, 0.1) is 0 Å². The van der Waals surface area contributed by atoms with E-state index >= 15 is 0 Å². The summed E-state index contributed by atoms with van der Waals surface area (Å²) < 4.78 is 1.75. The first-order chi connectivity index (χ1) is 12.0. The summed E-state index contributed by atoms with van der Waals surface area (Å²) >= 11 is 0. The van der Waals surface area contributed by atoms with E-state index in [1.54, 1.807) is 17.1 Å². The minimum Gasteiger partial charge on any atom is -0.336 e. The number of amides is 1. The van der Waals surface area contributed by atoms with Gasteiger partial charge in [0.15, 0.2) is 0 Å². The number of aromatic nitrogens is 3. The van der Waals surface area contributed by atoms with Crippen LogP contribution >= 0.6 is 0 Å². The molecule has 25 heavy (non-hydrogen) atoms. The van der Waals surface area contributed by atoms with Gasteiger partial charge in [-0.05, 0) is 32.4 Å². The first-order valence-electron chi connectivity index (χ1n) is 8.99. The average Bonchev–Trinajstić information content (AvgIpc) is 3.07. The third-order valence-electron chi connectivity index (χ3n) is 4.96. The lowest BCUT2D eigenvalue weighted by atomic mass is 10.1. The van der Waals surface area contributed by atoms with Crippen molar-refractivity contribution < 1.29 is 4.79 Å². The number of aryl methyl sites for hydroxylation is 1. The van der Waals surface area contributed by atoms with Crippen LogP contribution in [0.25, 0.3) is 11.3 Å². The van der Waals surface area contributed by atoms with Gasteiger partial charge in [-0.25, -0.2) is 0 Å². The van der Waals surface area contributed by atoms with E-state index < -0.39 is 0 Å². The predicted octanol–water partition coefficient (Wildman–Crippen LogP) is 2.43. The maximum atomic E-state index is 12.8. The Morgan fingerprint density at radius 3 is 2.64 bits per heavy atom. The second-order valence-electron chi connectivity index (χ2n) is 6.98. The Hall–Kier alpha value is -2.21. The van der Waals surface area contributed by atoms with Crippen LogP contribution < -0.4 is 0 Å². The van der Waals surface area contributed by atoms with E-state index in [2.05, 4.69) is 35.8 Å². The fourth-order valence-corrected chi connectivity index (χ4v) is 3.52. The van der Waals surface area contributed by atoms with Crippen molar-refractivity contribution in [2.45, 2.75) is 39.3 Å². The number of carbonyl (C=O) groups excluding carboxylic acids is 1. The van der Waals surface area contributed by atoms with Gasteiger partial charge in [-0.1, -0.05) is 6.92 Å². The molecule has 2 aromatic heterocycles. The van der Waals surface area contributed by atoms with E-state index in [1.807, 2.05) is 30.3 Å². The molecule has 0 saturated carbocycles. The highest BCUT2D eigenvalue weighted by Crippen LogP contribution is 2.19. The molecule has 0 aliphatic carbocycles. The molecule has 0 radical (unpaired) electrons. The van der Waals surface area contributed by atoms with Crippen molar-refractivity contribution in [2.75, 3.05) is 19.6 Å². The van der Waals surface area contributed by atoms with Crippen molar-refractivity contribution in [3.63, 3.8) is 0 Å². The Labute approximate surface area is 149 Å². The Morgan fingerprint density at radius 1 is 1.28 bits per heavy atom. The van der Waals surface area contributed by atoms with Gasteiger partial charge in [0.25, 0.3) is 5.91 Å². The average molecular weight is 341 g/mol. The zero-order valence-corrected chi connectivity index (χ0v) is 15.5. The van der Waals surface area contributed by atoms with Crippen LogP contribution in [0.5, 0.6) is 0 Å². The number of hydrogen-bond acceptors (Lipinski definition) is 4. The van der Waals surface area contributed by atoms with Crippen LogP contribution in [0.1, 0.15) is 37.6 Å². The van der Waals surface area contributed by atoms with Crippen LogP contribution in [0.2, 0.25) is 0 Å². The number of hydrogen-bond donors (Lipinski definition) is 0. The first kappa shape index (κ1) is 17.6. The summed E-state index contributed by atoms with van der Waals surface area (Å²) in [6.07, 6.45) is 6.43. The molecule has 2 aromatic rings. The Kier molecular flexibility index (Phi) is 5.18. The molecular weight excluding hydrogens is 314 g/mol. The van der Waals surface area contributed by atoms with E-state index in [-0.39, 0.29) is 5.91 Å². The smallest absolute Gasteiger partial charge is 0.255 e. The molecule has 3 rings (SSSR count). The summed E-state index contributed by atoms with van der Waals surface area (Å²) in [5.41, 5.74) is 2.44. The number of carbonyl (C=O) groups is 1. The molecule has 3 heterocycles. The largest absolute Gasteiger partial charge is 0.336 e. The van der Waals surface area contributed by atoms with Gasteiger partial charge >= 0.3 is 0 Å². The van der Waals surface area contributed by atoms with Gasteiger partial charge in [0, 0.05) is 56.7 Å². The van der Waals surface area contributed by atoms with Crippen LogP contribution in [0.15, 0.2) is 30.7 Å². The van der Waals surface area contributed by atoms with E-state index in [4.69, 9.17) is 0 Å². The Bertz CT molecular complexity index is 722. The maximum Gasteiger partial charge on any atom is 0.255 e. The molecule has 6 heteroatoms. The second-order valence-corrected chi connectivity index (χ2v) is 6.98. The van der Waals surface area contributed by atoms with Gasteiger partial charge in [0.05, 0.1) is 17.5 Å². The minimum absolute atomic E-state index is 0.0760. The van der Waals surface area contributed by atoms with Crippen molar-refractivity contribution in [1.29, 1.82) is 0 Å². The van der Waals surface area contributed by atoms with Crippen LogP contribution in [-0.2, 0) is 7.05 Å². The fraction of sp³-hybridized carbons (Fsp3) is 0.526. The number of piperazine rings is 1. The summed E-state index contributed by atoms with van der Waals surface area (Å²) in [6.45, 7) is 9.14. The lowest BCUT2D eigenvalue weighted by Gasteiger charge is -2.43. The maximum absolute atomic E-state index is 12.8. The number of pyridine rings is 1. The highest BCUT2D eigenvalue weighted by Gasteiger charge is 2.30. The zero-order chi connectivity index (χ0) is 18.0. The summed E-state index contributed by atoms with van der Waals surface area (Å²) in [4.78, 5) is 21.7. The van der Waals surface area contributed by atoms with Crippen molar-refractivity contribution in [3.8, 4) is 11.3 Å². The van der Waals surface area contributed by atoms with Gasteiger partial charge in [-0.3, -0.25) is 19.4 Å². The van der Waals surface area contributed by atoms with Gasteiger partial charge in [0.2, 0.25) is 0 Å². The standard InChI is InChI=1S/C19H27N5O/c1-5-17-13-23(8-9-24(17)14(2)3)19(25)15-6-7-18(20-10-15)16-11-21-22(4)12-16/h6-7,10-12,14,17H,5,8-9,13H2,1-4H3. The summed E-state index contributed by atoms with van der Waals surface area (Å²) in [6, 6.07) is 4.71. The van der Waals surface area contributed by atoms with Crippen LogP contribution in [0.4, 0.5) is 0 Å². The molecule has 1 aliphatic heterocycles. The predicted molar refractivity (Wildman–Crippen MR) is 98.3 cm³/mol. The molecule has 1 atom stereocenters. The number of rotatable bonds is 4. The molecule has 1 amide bonds. The summed E-state index contributed by atoms with van der Waals surface area (Å²) in [5, 5.41) is 4.16. The SMILES string of the molecule is CCC1CN(C(=O)c2ccc(-c3cnn(C)c3)nc2)CCN1C(C)C. The lowest BCUT2D eigenvalue weighted by molar-refractivity contribution is 0.0371. The third kappa shape index (κ3) is 3.74. The summed E-state index contributed by atoms with van der Waals surface area (Å²) in [5.74, 6) is 0.0760.